The van der Waals surface area contributed by atoms with E-state index in [2.05, 4.69) is 9.72 Å². The summed E-state index contributed by atoms with van der Waals surface area (Å²) in [5, 5.41) is -1.64. The lowest BCUT2D eigenvalue weighted by molar-refractivity contribution is -0.276. The van der Waals surface area contributed by atoms with Crippen molar-refractivity contribution in [2.45, 2.75) is 19.1 Å². The van der Waals surface area contributed by atoms with Gasteiger partial charge in [-0.2, -0.15) is 13.2 Å². The Balaban J connectivity index is 3.62. The number of hydrogen-bond acceptors (Lipinski definition) is 4. The van der Waals surface area contributed by atoms with E-state index < -0.39 is 46.9 Å². The Morgan fingerprint density at radius 3 is 2.20 bits per heavy atom. The minimum Gasteiger partial charge on any atom is -0.403 e. The third-order valence-corrected chi connectivity index (χ3v) is 2.21. The summed E-state index contributed by atoms with van der Waals surface area (Å²) >= 11 is 4.97. The maximum absolute atomic E-state index is 12.8. The third-order valence-electron chi connectivity index (χ3n) is 2.02. The Labute approximate surface area is 112 Å². The first-order valence-electron chi connectivity index (χ1n) is 4.72. The number of aromatic nitrogens is 1. The Hall–Kier alpha value is -1.55. The van der Waals surface area contributed by atoms with E-state index in [1.807, 2.05) is 0 Å². The second-order valence-corrected chi connectivity index (χ2v) is 3.69. The molecule has 1 aromatic heterocycles. The molecular weight excluding hydrogens is 318 g/mol. The Morgan fingerprint density at radius 2 is 1.85 bits per heavy atom. The summed E-state index contributed by atoms with van der Waals surface area (Å²) in [7, 11) is 0. The van der Waals surface area contributed by atoms with Gasteiger partial charge in [0.15, 0.2) is 5.75 Å². The van der Waals surface area contributed by atoms with Gasteiger partial charge in [-0.05, 0) is 11.6 Å². The lowest BCUT2D eigenvalue weighted by Gasteiger charge is -2.18. The highest BCUT2D eigenvalue weighted by Crippen LogP contribution is 2.41. The standard InChI is InChI=1S/C9H5ClF6N2O2/c10-7(19)5-3(1-17)18-2-4(20-9(14,15)16)6(5)8(11,12)13/h2H,1,17H2. The first kappa shape index (κ1) is 16.5. The molecule has 0 fully saturated rings. The molecule has 0 aromatic carbocycles. The second kappa shape index (κ2) is 5.44. The average Bonchev–Trinajstić information content (AvgIpc) is 2.24. The van der Waals surface area contributed by atoms with Gasteiger partial charge in [0.05, 0.1) is 17.5 Å². The van der Waals surface area contributed by atoms with Crippen molar-refractivity contribution in [3.63, 3.8) is 0 Å². The van der Waals surface area contributed by atoms with Crippen molar-refractivity contribution in [1.29, 1.82) is 0 Å². The fraction of sp³-hybridized carbons (Fsp3) is 0.333. The smallest absolute Gasteiger partial charge is 0.403 e. The van der Waals surface area contributed by atoms with E-state index in [-0.39, 0.29) is 6.20 Å². The van der Waals surface area contributed by atoms with Crippen LogP contribution in [-0.2, 0) is 12.7 Å². The Kier molecular flexibility index (Phi) is 4.49. The van der Waals surface area contributed by atoms with Crippen LogP contribution in [0.4, 0.5) is 26.3 Å². The molecule has 0 aliphatic carbocycles. The van der Waals surface area contributed by atoms with Crippen molar-refractivity contribution in [3.8, 4) is 5.75 Å². The molecule has 112 valence electrons. The molecule has 0 saturated carbocycles. The molecule has 20 heavy (non-hydrogen) atoms. The van der Waals surface area contributed by atoms with Crippen LogP contribution >= 0.6 is 11.6 Å². The molecule has 1 heterocycles. The van der Waals surface area contributed by atoms with Crippen LogP contribution < -0.4 is 10.5 Å². The Bertz CT molecular complexity index is 528. The zero-order chi connectivity index (χ0) is 15.7. The fourth-order valence-corrected chi connectivity index (χ4v) is 1.59. The van der Waals surface area contributed by atoms with Crippen molar-refractivity contribution < 1.29 is 35.9 Å². The summed E-state index contributed by atoms with van der Waals surface area (Å²) in [5.41, 5.74) is 1.26. The zero-order valence-corrected chi connectivity index (χ0v) is 10.0. The van der Waals surface area contributed by atoms with E-state index in [0.29, 0.717) is 0 Å². The number of nitrogens with two attached hydrogens (primary N) is 1. The molecule has 0 aliphatic heterocycles. The number of carbonyl (C=O) groups excluding carboxylic acids is 1. The molecule has 0 spiro atoms. The minimum absolute atomic E-state index is 0.182. The summed E-state index contributed by atoms with van der Waals surface area (Å²) in [6.45, 7) is -0.622. The highest BCUT2D eigenvalue weighted by atomic mass is 35.5. The number of pyridine rings is 1. The predicted molar refractivity (Wildman–Crippen MR) is 54.0 cm³/mol. The van der Waals surface area contributed by atoms with Gasteiger partial charge in [-0.1, -0.05) is 0 Å². The highest BCUT2D eigenvalue weighted by Gasteiger charge is 2.43. The molecular formula is C9H5ClF6N2O2. The van der Waals surface area contributed by atoms with Crippen molar-refractivity contribution in [1.82, 2.24) is 4.98 Å². The molecule has 1 aromatic rings. The quantitative estimate of drug-likeness (QED) is 0.686. The van der Waals surface area contributed by atoms with Crippen LogP contribution in [0.5, 0.6) is 5.75 Å². The van der Waals surface area contributed by atoms with Gasteiger partial charge in [0, 0.05) is 6.54 Å². The van der Waals surface area contributed by atoms with Crippen LogP contribution in [-0.4, -0.2) is 16.6 Å². The Morgan fingerprint density at radius 1 is 1.30 bits per heavy atom. The van der Waals surface area contributed by atoms with Gasteiger partial charge in [-0.3, -0.25) is 9.78 Å². The molecule has 0 amide bonds. The molecule has 1 rings (SSSR count). The number of carbonyl (C=O) groups is 1. The highest BCUT2D eigenvalue weighted by molar-refractivity contribution is 6.68. The normalized spacial score (nSPS) is 12.4. The third kappa shape index (κ3) is 3.73. The largest absolute Gasteiger partial charge is 0.573 e. The summed E-state index contributed by atoms with van der Waals surface area (Å²) in [6.07, 6.45) is -10.5. The number of halogens is 7. The number of ether oxygens (including phenoxy) is 1. The second-order valence-electron chi connectivity index (χ2n) is 3.34. The number of nitrogens with zero attached hydrogens (tertiary/aromatic N) is 1. The zero-order valence-electron chi connectivity index (χ0n) is 9.27. The van der Waals surface area contributed by atoms with Gasteiger partial charge in [-0.15, -0.1) is 13.2 Å². The lowest BCUT2D eigenvalue weighted by atomic mass is 10.1. The van der Waals surface area contributed by atoms with Gasteiger partial charge in [0.25, 0.3) is 5.24 Å². The van der Waals surface area contributed by atoms with Crippen molar-refractivity contribution in [3.05, 3.63) is 23.0 Å². The van der Waals surface area contributed by atoms with Crippen molar-refractivity contribution in [2.24, 2.45) is 5.73 Å². The van der Waals surface area contributed by atoms with Gasteiger partial charge in [-0.25, -0.2) is 0 Å². The maximum Gasteiger partial charge on any atom is 0.573 e. The molecule has 0 radical (unpaired) electrons. The molecule has 0 atom stereocenters. The van der Waals surface area contributed by atoms with Crippen LogP contribution in [0.2, 0.25) is 0 Å². The van der Waals surface area contributed by atoms with Crippen LogP contribution in [0.15, 0.2) is 6.20 Å². The van der Waals surface area contributed by atoms with E-state index in [9.17, 15) is 31.1 Å². The average molecular weight is 323 g/mol. The number of rotatable bonds is 3. The fourth-order valence-electron chi connectivity index (χ4n) is 1.38. The first-order valence-corrected chi connectivity index (χ1v) is 5.10. The molecule has 2 N–H and O–H groups in total. The van der Waals surface area contributed by atoms with Crippen molar-refractivity contribution in [2.75, 3.05) is 0 Å². The van der Waals surface area contributed by atoms with E-state index in [0.717, 1.165) is 0 Å². The lowest BCUT2D eigenvalue weighted by Crippen LogP contribution is -2.23. The van der Waals surface area contributed by atoms with Crippen LogP contribution in [0, 0.1) is 0 Å². The van der Waals surface area contributed by atoms with Gasteiger partial charge < -0.3 is 10.5 Å². The summed E-state index contributed by atoms with van der Waals surface area (Å²) in [4.78, 5) is 14.3. The van der Waals surface area contributed by atoms with Crippen LogP contribution in [0.3, 0.4) is 0 Å². The van der Waals surface area contributed by atoms with E-state index in [4.69, 9.17) is 17.3 Å². The minimum atomic E-state index is -5.39. The van der Waals surface area contributed by atoms with E-state index >= 15 is 0 Å². The number of hydrogen-bond donors (Lipinski definition) is 1. The van der Waals surface area contributed by atoms with Crippen LogP contribution in [0.1, 0.15) is 21.6 Å². The maximum atomic E-state index is 12.8. The molecule has 0 saturated heterocycles. The van der Waals surface area contributed by atoms with E-state index in [1.165, 1.54) is 0 Å². The predicted octanol–water partition coefficient (Wildman–Crippen LogP) is 2.84. The molecule has 0 unspecified atom stereocenters. The summed E-state index contributed by atoms with van der Waals surface area (Å²) < 4.78 is 77.9. The summed E-state index contributed by atoms with van der Waals surface area (Å²) in [5.74, 6) is -1.67. The van der Waals surface area contributed by atoms with Gasteiger partial charge in [0.1, 0.15) is 5.56 Å². The van der Waals surface area contributed by atoms with E-state index in [1.54, 1.807) is 0 Å². The van der Waals surface area contributed by atoms with Gasteiger partial charge >= 0.3 is 12.5 Å². The topological polar surface area (TPSA) is 65.2 Å². The monoisotopic (exact) mass is 322 g/mol. The van der Waals surface area contributed by atoms with Crippen LogP contribution in [0.25, 0.3) is 0 Å². The first-order chi connectivity index (χ1) is 8.97. The molecule has 0 aliphatic rings. The molecule has 11 heteroatoms. The number of alkyl halides is 6. The molecule has 4 nitrogen and oxygen atoms in total. The van der Waals surface area contributed by atoms with Crippen molar-refractivity contribution >= 4 is 16.8 Å². The van der Waals surface area contributed by atoms with Gasteiger partial charge in [0.2, 0.25) is 0 Å². The molecule has 0 bridgehead atoms. The summed E-state index contributed by atoms with van der Waals surface area (Å²) in [6, 6.07) is 0. The SMILES string of the molecule is NCc1ncc(OC(F)(F)F)c(C(F)(F)F)c1C(=O)Cl.